The fourth-order valence-electron chi connectivity index (χ4n) is 4.41. The molecule has 1 saturated carbocycles. The molecule has 0 aromatic carbocycles. The van der Waals surface area contributed by atoms with Crippen molar-refractivity contribution in [2.24, 2.45) is 13.0 Å². The van der Waals surface area contributed by atoms with Crippen molar-refractivity contribution in [3.05, 3.63) is 41.1 Å². The van der Waals surface area contributed by atoms with Crippen molar-refractivity contribution in [2.75, 3.05) is 22.6 Å². The molecule has 5 rings (SSSR count). The molecule has 0 spiro atoms. The molecule has 0 unspecified atom stereocenters. The van der Waals surface area contributed by atoms with Crippen LogP contribution in [-0.4, -0.2) is 38.5 Å². The van der Waals surface area contributed by atoms with E-state index in [1.165, 1.54) is 16.9 Å². The third-order valence-electron chi connectivity index (χ3n) is 6.56. The van der Waals surface area contributed by atoms with Gasteiger partial charge in [-0.3, -0.25) is 9.59 Å². The van der Waals surface area contributed by atoms with Crippen LogP contribution in [0.25, 0.3) is 11.3 Å². The Morgan fingerprint density at radius 1 is 1.29 bits per heavy atom. The van der Waals surface area contributed by atoms with Crippen LogP contribution in [0.5, 0.6) is 0 Å². The lowest BCUT2D eigenvalue weighted by Crippen LogP contribution is -2.28. The molecule has 3 aromatic rings. The quantitative estimate of drug-likeness (QED) is 0.500. The summed E-state index contributed by atoms with van der Waals surface area (Å²) in [6.45, 7) is 1.18. The van der Waals surface area contributed by atoms with Crippen molar-refractivity contribution in [1.29, 1.82) is 0 Å². The zero-order chi connectivity index (χ0) is 27.5. The van der Waals surface area contributed by atoms with Crippen LogP contribution in [0, 0.1) is 18.8 Å². The maximum Gasteiger partial charge on any atom is 0.228 e. The number of rotatable bonds is 6. The van der Waals surface area contributed by atoms with Gasteiger partial charge in [-0.2, -0.15) is 9.49 Å². The fraction of sp³-hybridized carbons (Fsp3) is 0.400. The molecule has 0 bridgehead atoms. The minimum Gasteiger partial charge on any atom is -0.364 e. The topological polar surface area (TPSA) is 105 Å². The molecule has 0 saturated heterocycles. The van der Waals surface area contributed by atoms with Gasteiger partial charge in [0.1, 0.15) is 11.5 Å². The van der Waals surface area contributed by atoms with Crippen LogP contribution in [0.3, 0.4) is 0 Å². The Morgan fingerprint density at radius 3 is 2.77 bits per heavy atom. The van der Waals surface area contributed by atoms with Crippen LogP contribution in [0.15, 0.2) is 18.3 Å². The van der Waals surface area contributed by atoms with Gasteiger partial charge in [0.15, 0.2) is 11.6 Å². The van der Waals surface area contributed by atoms with Crippen molar-refractivity contribution in [3.63, 3.8) is 0 Å². The lowest BCUT2D eigenvalue weighted by Gasteiger charge is -2.34. The van der Waals surface area contributed by atoms with E-state index < -0.39 is 25.0 Å². The molecule has 0 radical (unpaired) electrons. The SMILES string of the molecule is [2H]C([2H])([2H])CC(=O)c1cnc(NC(=O)C2CC2)cc1Nc1nc(C)cc2c1N(C)[C@@H](C)c1c-2nn(C)c1F. The molecule has 1 amide bonds. The number of carbonyl (C=O) groups excluding carboxylic acids is 2. The van der Waals surface area contributed by atoms with E-state index in [-0.39, 0.29) is 34.9 Å². The number of carbonyl (C=O) groups is 2. The summed E-state index contributed by atoms with van der Waals surface area (Å²) in [6.07, 6.45) is 2.21. The molecule has 182 valence electrons. The number of hydrogen-bond acceptors (Lipinski definition) is 7. The van der Waals surface area contributed by atoms with E-state index in [1.807, 2.05) is 24.9 Å². The Hall–Kier alpha value is -3.82. The summed E-state index contributed by atoms with van der Waals surface area (Å²) in [5.41, 5.74) is 3.22. The molecule has 3 aromatic heterocycles. The summed E-state index contributed by atoms with van der Waals surface area (Å²) in [5.74, 6) is -0.658. The molecule has 35 heavy (non-hydrogen) atoms. The highest BCUT2D eigenvalue weighted by Crippen LogP contribution is 2.48. The third-order valence-corrected chi connectivity index (χ3v) is 6.56. The monoisotopic (exact) mass is 480 g/mol. The van der Waals surface area contributed by atoms with Crippen molar-refractivity contribution < 1.29 is 18.1 Å². The van der Waals surface area contributed by atoms with Crippen LogP contribution in [-0.2, 0) is 11.8 Å². The molecule has 1 atom stereocenters. The van der Waals surface area contributed by atoms with Gasteiger partial charge in [-0.15, -0.1) is 0 Å². The first-order chi connectivity index (χ1) is 17.8. The first-order valence-corrected chi connectivity index (χ1v) is 11.4. The zero-order valence-electron chi connectivity index (χ0n) is 22.9. The summed E-state index contributed by atoms with van der Waals surface area (Å²) >= 11 is 0. The number of halogens is 1. The van der Waals surface area contributed by atoms with Gasteiger partial charge in [0.2, 0.25) is 11.9 Å². The summed E-state index contributed by atoms with van der Waals surface area (Å²) in [4.78, 5) is 36.1. The van der Waals surface area contributed by atoms with E-state index in [1.54, 1.807) is 14.0 Å². The van der Waals surface area contributed by atoms with E-state index in [9.17, 15) is 14.0 Å². The molecule has 10 heteroatoms. The van der Waals surface area contributed by atoms with E-state index in [0.29, 0.717) is 34.0 Å². The van der Waals surface area contributed by atoms with Gasteiger partial charge in [-0.05, 0) is 32.8 Å². The van der Waals surface area contributed by atoms with Crippen LogP contribution in [0.4, 0.5) is 27.4 Å². The summed E-state index contributed by atoms with van der Waals surface area (Å²) < 4.78 is 38.7. The van der Waals surface area contributed by atoms with Gasteiger partial charge in [-0.25, -0.2) is 14.6 Å². The molecule has 9 nitrogen and oxygen atoms in total. The van der Waals surface area contributed by atoms with Gasteiger partial charge in [0.25, 0.3) is 0 Å². The maximum atomic E-state index is 14.9. The lowest BCUT2D eigenvalue weighted by atomic mass is 9.95. The predicted molar refractivity (Wildman–Crippen MR) is 131 cm³/mol. The number of nitrogens with zero attached hydrogens (tertiary/aromatic N) is 5. The van der Waals surface area contributed by atoms with E-state index >= 15 is 0 Å². The third kappa shape index (κ3) is 3.92. The first kappa shape index (κ1) is 19.5. The van der Waals surface area contributed by atoms with Gasteiger partial charge < -0.3 is 15.5 Å². The Kier molecular flexibility index (Phi) is 4.70. The molecule has 1 fully saturated rings. The van der Waals surface area contributed by atoms with Crippen molar-refractivity contribution in [3.8, 4) is 11.3 Å². The van der Waals surface area contributed by atoms with Gasteiger partial charge in [0.05, 0.1) is 28.5 Å². The number of aromatic nitrogens is 4. The van der Waals surface area contributed by atoms with E-state index in [0.717, 1.165) is 12.8 Å². The number of pyridine rings is 2. The number of amides is 1. The lowest BCUT2D eigenvalue weighted by molar-refractivity contribution is -0.117. The highest BCUT2D eigenvalue weighted by atomic mass is 19.1. The highest BCUT2D eigenvalue weighted by Gasteiger charge is 2.35. The van der Waals surface area contributed by atoms with E-state index in [2.05, 4.69) is 25.7 Å². The number of aryl methyl sites for hydroxylation is 2. The normalized spacial score (nSPS) is 18.1. The minimum absolute atomic E-state index is 0.0543. The highest BCUT2D eigenvalue weighted by molar-refractivity contribution is 6.03. The number of Topliss-reactive ketones (excluding diaryl/α,β-unsaturated/α-hetero) is 1. The number of ketones is 1. The Balaban J connectivity index is 1.61. The Bertz CT molecular complexity index is 1470. The summed E-state index contributed by atoms with van der Waals surface area (Å²) in [7, 11) is 3.36. The zero-order valence-corrected chi connectivity index (χ0v) is 19.9. The second-order valence-electron chi connectivity index (χ2n) is 9.08. The van der Waals surface area contributed by atoms with Crippen molar-refractivity contribution in [2.45, 2.75) is 46.0 Å². The molecule has 4 heterocycles. The average Bonchev–Trinajstić information content (AvgIpc) is 3.62. The summed E-state index contributed by atoms with van der Waals surface area (Å²) in [6, 6.07) is 2.96. The maximum absolute atomic E-state index is 14.9. The van der Waals surface area contributed by atoms with Gasteiger partial charge >= 0.3 is 0 Å². The number of nitrogens with one attached hydrogen (secondary N) is 2. The van der Waals surface area contributed by atoms with Crippen LogP contribution in [0.1, 0.15) is 64.8 Å². The van der Waals surface area contributed by atoms with Gasteiger partial charge in [-0.1, -0.05) is 6.85 Å². The minimum atomic E-state index is -2.47. The summed E-state index contributed by atoms with van der Waals surface area (Å²) in [5, 5.41) is 10.4. The van der Waals surface area contributed by atoms with Crippen LogP contribution in [0.2, 0.25) is 0 Å². The Morgan fingerprint density at radius 2 is 2.06 bits per heavy atom. The molecule has 2 N–H and O–H groups in total. The van der Waals surface area contributed by atoms with Crippen molar-refractivity contribution >= 4 is 34.7 Å². The number of fused-ring (bicyclic) bond motifs is 3. The second kappa shape index (κ2) is 8.44. The Labute approximate surface area is 207 Å². The largest absolute Gasteiger partial charge is 0.364 e. The smallest absolute Gasteiger partial charge is 0.228 e. The molecule has 1 aliphatic heterocycles. The standard InChI is InChI=1S/C25H28FN7O2/c1-6-18(34)16-11-27-19(30-25(35)14-7-8-14)10-17(16)29-24-22-15(9-12(2)28-24)21-20(13(3)32(22)4)23(26)33(5)31-21/h9-11,13-14H,6-8H2,1-5H3,(H2,27,28,29,30,35)/t13-/m0/s1/i1D3. The fourth-order valence-corrected chi connectivity index (χ4v) is 4.41. The second-order valence-corrected chi connectivity index (χ2v) is 9.08. The molecule has 1 aliphatic carbocycles. The van der Waals surface area contributed by atoms with Crippen LogP contribution >= 0.6 is 0 Å². The van der Waals surface area contributed by atoms with Gasteiger partial charge in [0, 0.05) is 54.1 Å². The molecular weight excluding hydrogens is 449 g/mol. The number of anilines is 4. The number of hydrogen-bond donors (Lipinski definition) is 2. The van der Waals surface area contributed by atoms with Crippen molar-refractivity contribution in [1.82, 2.24) is 19.7 Å². The molecular formula is C25H28FN7O2. The average molecular weight is 481 g/mol. The molecule has 2 aliphatic rings. The van der Waals surface area contributed by atoms with Crippen LogP contribution < -0.4 is 15.5 Å². The predicted octanol–water partition coefficient (Wildman–Crippen LogP) is 4.52. The van der Waals surface area contributed by atoms with E-state index in [4.69, 9.17) is 4.11 Å². The first-order valence-electron chi connectivity index (χ1n) is 12.9.